The molecule has 16 heteroatoms. The number of nitrogens with zero attached hydrogens (tertiary/aromatic N) is 8. The van der Waals surface area contributed by atoms with Crippen molar-refractivity contribution in [1.29, 1.82) is 0 Å². The van der Waals surface area contributed by atoms with Crippen molar-refractivity contribution in [3.8, 4) is 22.3 Å². The Hall–Kier alpha value is -6.74. The van der Waals surface area contributed by atoms with Crippen molar-refractivity contribution < 1.29 is 8.42 Å². The molecule has 0 fully saturated rings. The first-order valence-electron chi connectivity index (χ1n) is 17.5. The maximum Gasteiger partial charge on any atom is 0.229 e. The molecule has 0 atom stereocenters. The first-order chi connectivity index (χ1) is 27.6. The van der Waals surface area contributed by atoms with Crippen molar-refractivity contribution in [3.05, 3.63) is 168 Å². The molecule has 284 valence electrons. The lowest BCUT2D eigenvalue weighted by Gasteiger charge is -2.08. The van der Waals surface area contributed by atoms with Crippen LogP contribution in [0, 0.1) is 0 Å². The van der Waals surface area contributed by atoms with Crippen molar-refractivity contribution in [1.82, 2.24) is 39.0 Å². The van der Waals surface area contributed by atoms with Gasteiger partial charge in [0.25, 0.3) is 0 Å². The van der Waals surface area contributed by atoms with Gasteiger partial charge >= 0.3 is 0 Å². The minimum Gasteiger partial charge on any atom is -0.340 e. The van der Waals surface area contributed by atoms with Gasteiger partial charge < -0.3 is 10.6 Å². The van der Waals surface area contributed by atoms with Gasteiger partial charge in [0.15, 0.2) is 11.3 Å². The summed E-state index contributed by atoms with van der Waals surface area (Å²) >= 11 is 12.1. The molecule has 0 bridgehead atoms. The summed E-state index contributed by atoms with van der Waals surface area (Å²) in [7, 11) is -3.36. The molecule has 0 unspecified atom stereocenters. The highest BCUT2D eigenvalue weighted by Crippen LogP contribution is 2.29. The summed E-state index contributed by atoms with van der Waals surface area (Å²) in [6, 6.07) is 35.9. The van der Waals surface area contributed by atoms with Crippen LogP contribution >= 0.6 is 23.2 Å². The van der Waals surface area contributed by atoms with Crippen molar-refractivity contribution >= 4 is 73.2 Å². The van der Waals surface area contributed by atoms with Gasteiger partial charge in [-0.05, 0) is 71.8 Å². The van der Waals surface area contributed by atoms with E-state index in [4.69, 9.17) is 28.2 Å². The van der Waals surface area contributed by atoms with Gasteiger partial charge in [-0.3, -0.25) is 9.40 Å². The number of aromatic nitrogens is 8. The molecule has 0 aliphatic heterocycles. The highest BCUT2D eigenvalue weighted by atomic mass is 35.5. The Labute approximate surface area is 337 Å². The fraction of sp³-hybridized carbons (Fsp3) is 0.0488. The molecular formula is C41H33Cl2N11O2S. The summed E-state index contributed by atoms with van der Waals surface area (Å²) in [5, 5.41) is 21.1. The average molecular weight is 815 g/mol. The molecule has 13 nitrogen and oxygen atoms in total. The number of hydrogen-bond acceptors (Lipinski definition) is 9. The topological polar surface area (TPSA) is 148 Å². The molecule has 0 radical (unpaired) electrons. The lowest BCUT2D eigenvalue weighted by Crippen LogP contribution is -2.09. The molecule has 0 saturated carbocycles. The minimum atomic E-state index is -3.36. The van der Waals surface area contributed by atoms with E-state index in [1.54, 1.807) is 45.7 Å². The predicted molar refractivity (Wildman–Crippen MR) is 226 cm³/mol. The van der Waals surface area contributed by atoms with Gasteiger partial charge in [0, 0.05) is 62.4 Å². The van der Waals surface area contributed by atoms with Crippen molar-refractivity contribution in [2.24, 2.45) is 0 Å². The zero-order valence-corrected chi connectivity index (χ0v) is 32.5. The van der Waals surface area contributed by atoms with Crippen LogP contribution in [0.15, 0.2) is 152 Å². The number of sulfonamides is 1. The van der Waals surface area contributed by atoms with Crippen LogP contribution in [0.25, 0.3) is 33.5 Å². The third-order valence-electron chi connectivity index (χ3n) is 8.54. The van der Waals surface area contributed by atoms with E-state index >= 15 is 0 Å². The summed E-state index contributed by atoms with van der Waals surface area (Å²) in [5.41, 5.74) is 8.28. The number of benzene rings is 4. The molecular weight excluding hydrogens is 781 g/mol. The van der Waals surface area contributed by atoms with Gasteiger partial charge in [0.2, 0.25) is 10.0 Å². The number of anilines is 5. The summed E-state index contributed by atoms with van der Waals surface area (Å²) in [4.78, 5) is 9.39. The standard InChI is InChI=1S/C22H17ClN6.C19H16ClN5O2S/c23-18-7-4-8-19(11-18)26-21-9-10-29-22(27-21)20(13-25-29)17-12-24-28(15-17)14-16-5-2-1-3-6-16;1-28(26,27)24-16-7-2-4-13(10-16)17-12-21-25-9-8-18(23-19(17)25)22-15-6-3-5-14(20)11-15/h1-13,15H,14H2,(H,26,27);2-12,24H,1H3,(H,22,23). The lowest BCUT2D eigenvalue weighted by molar-refractivity contribution is 0.607. The van der Waals surface area contributed by atoms with E-state index in [1.807, 2.05) is 108 Å². The summed E-state index contributed by atoms with van der Waals surface area (Å²) in [6.07, 6.45) is 12.2. The molecule has 57 heavy (non-hydrogen) atoms. The van der Waals surface area contributed by atoms with E-state index in [0.717, 1.165) is 57.9 Å². The maximum atomic E-state index is 11.5. The second-order valence-electron chi connectivity index (χ2n) is 12.9. The third-order valence-corrected chi connectivity index (χ3v) is 9.62. The molecule has 0 aliphatic carbocycles. The maximum absolute atomic E-state index is 11.5. The Bertz CT molecular complexity index is 2950. The zero-order valence-electron chi connectivity index (χ0n) is 30.2. The molecule has 0 saturated heterocycles. The van der Waals surface area contributed by atoms with Crippen LogP contribution in [0.5, 0.6) is 0 Å². The summed E-state index contributed by atoms with van der Waals surface area (Å²) in [6.45, 7) is 0.717. The largest absolute Gasteiger partial charge is 0.340 e. The van der Waals surface area contributed by atoms with E-state index in [2.05, 4.69) is 47.8 Å². The molecule has 4 aromatic carbocycles. The highest BCUT2D eigenvalue weighted by Gasteiger charge is 2.13. The van der Waals surface area contributed by atoms with Crippen molar-refractivity contribution in [2.45, 2.75) is 6.54 Å². The van der Waals surface area contributed by atoms with Crippen LogP contribution in [0.3, 0.4) is 0 Å². The normalized spacial score (nSPS) is 11.3. The Kier molecular flexibility index (Phi) is 10.5. The van der Waals surface area contributed by atoms with E-state index in [1.165, 1.54) is 5.56 Å². The number of nitrogens with one attached hydrogen (secondary N) is 3. The van der Waals surface area contributed by atoms with Crippen LogP contribution < -0.4 is 15.4 Å². The zero-order chi connectivity index (χ0) is 39.4. The number of hydrogen-bond donors (Lipinski definition) is 3. The van der Waals surface area contributed by atoms with E-state index in [-0.39, 0.29) is 0 Å². The first-order valence-corrected chi connectivity index (χ1v) is 20.2. The first kappa shape index (κ1) is 37.2. The van der Waals surface area contributed by atoms with Crippen LogP contribution in [0.1, 0.15) is 5.56 Å². The summed E-state index contributed by atoms with van der Waals surface area (Å²) < 4.78 is 30.8. The van der Waals surface area contributed by atoms with Crippen molar-refractivity contribution in [3.63, 3.8) is 0 Å². The quantitative estimate of drug-likeness (QED) is 0.123. The molecule has 9 aromatic rings. The van der Waals surface area contributed by atoms with E-state index in [0.29, 0.717) is 27.2 Å². The minimum absolute atomic E-state index is 0.479. The SMILES string of the molecule is CS(=O)(=O)Nc1cccc(-c2cnn3ccc(Nc4cccc(Cl)c4)nc23)c1.Clc1cccc(Nc2ccn3ncc(-c4cnn(Cc5ccccc5)c4)c3n2)c1. The molecule has 5 heterocycles. The Morgan fingerprint density at radius 1 is 0.596 bits per heavy atom. The predicted octanol–water partition coefficient (Wildman–Crippen LogP) is 9.20. The summed E-state index contributed by atoms with van der Waals surface area (Å²) in [5.74, 6) is 1.36. The molecule has 0 aliphatic rings. The van der Waals surface area contributed by atoms with Crippen LogP contribution in [0.4, 0.5) is 28.7 Å². The number of rotatable bonds is 10. The Balaban J connectivity index is 0.000000160. The molecule has 0 spiro atoms. The average Bonchev–Trinajstić information content (AvgIpc) is 3.94. The van der Waals surface area contributed by atoms with Crippen LogP contribution in [-0.4, -0.2) is 53.7 Å². The fourth-order valence-electron chi connectivity index (χ4n) is 6.04. The van der Waals surface area contributed by atoms with Gasteiger partial charge in [0.1, 0.15) is 11.6 Å². The molecule has 0 amide bonds. The second kappa shape index (κ2) is 16.2. The van der Waals surface area contributed by atoms with Gasteiger partial charge in [-0.25, -0.2) is 27.4 Å². The van der Waals surface area contributed by atoms with Crippen LogP contribution in [0.2, 0.25) is 10.0 Å². The van der Waals surface area contributed by atoms with E-state index in [9.17, 15) is 8.42 Å². The second-order valence-corrected chi connectivity index (χ2v) is 15.5. The smallest absolute Gasteiger partial charge is 0.229 e. The molecule has 3 N–H and O–H groups in total. The van der Waals surface area contributed by atoms with Crippen LogP contribution in [-0.2, 0) is 16.6 Å². The van der Waals surface area contributed by atoms with Gasteiger partial charge in [-0.2, -0.15) is 15.3 Å². The number of fused-ring (bicyclic) bond motifs is 2. The molecule has 9 rings (SSSR count). The third kappa shape index (κ3) is 9.22. The van der Waals surface area contributed by atoms with Crippen molar-refractivity contribution in [2.75, 3.05) is 21.6 Å². The Morgan fingerprint density at radius 2 is 1.16 bits per heavy atom. The van der Waals surface area contributed by atoms with E-state index < -0.39 is 10.0 Å². The lowest BCUT2D eigenvalue weighted by atomic mass is 10.1. The molecule has 5 aromatic heterocycles. The van der Waals surface area contributed by atoms with Gasteiger partial charge in [-0.1, -0.05) is 77.8 Å². The Morgan fingerprint density at radius 3 is 1.74 bits per heavy atom. The van der Waals surface area contributed by atoms with Gasteiger partial charge in [0.05, 0.1) is 31.4 Å². The number of halogens is 2. The highest BCUT2D eigenvalue weighted by molar-refractivity contribution is 7.92. The van der Waals surface area contributed by atoms with Gasteiger partial charge in [-0.15, -0.1) is 0 Å². The fourth-order valence-corrected chi connectivity index (χ4v) is 6.97. The monoisotopic (exact) mass is 813 g/mol.